The number of nitrogens with two attached hydrogens (primary N) is 2. The van der Waals surface area contributed by atoms with Gasteiger partial charge in [0.2, 0.25) is 0 Å². The van der Waals surface area contributed by atoms with Crippen molar-refractivity contribution in [3.05, 3.63) is 63.7 Å². The van der Waals surface area contributed by atoms with Gasteiger partial charge in [-0.2, -0.15) is 23.1 Å². The molecule has 0 bridgehead atoms. The summed E-state index contributed by atoms with van der Waals surface area (Å²) in [4.78, 5) is 15.3. The molecule has 5 heterocycles. The van der Waals surface area contributed by atoms with Crippen LogP contribution < -0.4 is 21.5 Å². The maximum atomic E-state index is 15.3. The number of nitrogens with zero attached hydrogens (tertiary/aromatic N) is 4. The van der Waals surface area contributed by atoms with Crippen LogP contribution in [0.15, 0.2) is 24.4 Å². The van der Waals surface area contributed by atoms with E-state index in [4.69, 9.17) is 20.9 Å². The SMILES string of the molecule is Cc1cc(N)c(F)c(C2Cc3nc(OC[C@@]45CCCN4C[C@H](F)C5)nc(NCc4cccnc4N)c3CO2)c1C(F)(F)F. The Balaban J connectivity index is 1.35. The van der Waals surface area contributed by atoms with Crippen LogP contribution in [0.3, 0.4) is 0 Å². The van der Waals surface area contributed by atoms with Crippen molar-refractivity contribution in [3.63, 3.8) is 0 Å². The number of ether oxygens (including phenoxy) is 2. The van der Waals surface area contributed by atoms with Crippen LogP contribution in [0.4, 0.5) is 39.3 Å². The topological polar surface area (TPSA) is 124 Å². The van der Waals surface area contributed by atoms with Crippen LogP contribution in [0, 0.1) is 12.7 Å². The van der Waals surface area contributed by atoms with Gasteiger partial charge >= 0.3 is 12.2 Å². The molecule has 0 amide bonds. The van der Waals surface area contributed by atoms with Crippen LogP contribution >= 0.6 is 0 Å². The number of aromatic nitrogens is 3. The highest BCUT2D eigenvalue weighted by atomic mass is 19.4. The average molecular weight is 606 g/mol. The van der Waals surface area contributed by atoms with E-state index in [0.717, 1.165) is 25.5 Å². The summed E-state index contributed by atoms with van der Waals surface area (Å²) in [5.41, 5.74) is 10.4. The smallest absolute Gasteiger partial charge is 0.417 e. The highest BCUT2D eigenvalue weighted by Gasteiger charge is 2.49. The molecule has 3 aliphatic heterocycles. The van der Waals surface area contributed by atoms with Gasteiger partial charge in [0.15, 0.2) is 5.82 Å². The molecule has 0 saturated carbocycles. The monoisotopic (exact) mass is 605 g/mol. The Bertz CT molecular complexity index is 1540. The van der Waals surface area contributed by atoms with Crippen molar-refractivity contribution in [2.75, 3.05) is 36.5 Å². The molecule has 3 aliphatic rings. The van der Waals surface area contributed by atoms with Gasteiger partial charge in [-0.25, -0.2) is 13.8 Å². The molecule has 43 heavy (non-hydrogen) atoms. The first-order chi connectivity index (χ1) is 20.4. The number of alkyl halides is 4. The maximum Gasteiger partial charge on any atom is 0.417 e. The fraction of sp³-hybridized carbons (Fsp3) is 0.483. The van der Waals surface area contributed by atoms with Gasteiger partial charge in [-0.05, 0) is 44.0 Å². The number of anilines is 3. The summed E-state index contributed by atoms with van der Waals surface area (Å²) in [5, 5.41) is 3.19. The Hall–Kier alpha value is -3.78. The molecule has 6 rings (SSSR count). The van der Waals surface area contributed by atoms with Crippen LogP contribution in [0.5, 0.6) is 6.01 Å². The Morgan fingerprint density at radius 1 is 1.26 bits per heavy atom. The molecule has 14 heteroatoms. The lowest BCUT2D eigenvalue weighted by Gasteiger charge is -2.32. The van der Waals surface area contributed by atoms with Crippen LogP contribution in [0.25, 0.3) is 0 Å². The van der Waals surface area contributed by atoms with Crippen LogP contribution in [0.2, 0.25) is 0 Å². The number of hydrogen-bond acceptors (Lipinski definition) is 9. The second-order valence-electron chi connectivity index (χ2n) is 11.4. The Kier molecular flexibility index (Phi) is 7.53. The highest BCUT2D eigenvalue weighted by Crippen LogP contribution is 2.45. The van der Waals surface area contributed by atoms with E-state index in [9.17, 15) is 17.6 Å². The van der Waals surface area contributed by atoms with Gasteiger partial charge < -0.3 is 26.3 Å². The summed E-state index contributed by atoms with van der Waals surface area (Å²) >= 11 is 0. The number of halogens is 5. The molecule has 3 aromatic rings. The Morgan fingerprint density at radius 3 is 2.84 bits per heavy atom. The van der Waals surface area contributed by atoms with Gasteiger partial charge in [0.25, 0.3) is 0 Å². The lowest BCUT2D eigenvalue weighted by atomic mass is 9.91. The third-order valence-corrected chi connectivity index (χ3v) is 8.61. The standard InChI is InChI=1S/C29H32F5N7O2/c1-15-8-19(35)24(31)22(23(15)29(32,33)34)21-9-20-18(13-42-21)26(38-11-16-4-2-6-37-25(16)36)40-27(39-20)43-14-28-5-3-7-41(28)12-17(30)10-28/h2,4,6,8,17,21H,3,5,7,9-14,35H2,1H3,(H2,36,37)(H,38,39,40)/t17-,21?,28+/m1/s1. The molecule has 5 N–H and O–H groups in total. The van der Waals surface area contributed by atoms with E-state index in [-0.39, 0.29) is 37.8 Å². The average Bonchev–Trinajstić information content (AvgIpc) is 3.47. The zero-order valence-corrected chi connectivity index (χ0v) is 23.5. The minimum atomic E-state index is -4.84. The van der Waals surface area contributed by atoms with Crippen molar-refractivity contribution >= 4 is 17.3 Å². The van der Waals surface area contributed by atoms with Gasteiger partial charge in [0, 0.05) is 48.8 Å². The fourth-order valence-electron chi connectivity index (χ4n) is 6.59. The van der Waals surface area contributed by atoms with Crippen molar-refractivity contribution in [2.45, 2.75) is 69.7 Å². The second-order valence-corrected chi connectivity index (χ2v) is 11.4. The largest absolute Gasteiger partial charge is 0.461 e. The molecule has 0 radical (unpaired) electrons. The molecule has 1 unspecified atom stereocenters. The predicted molar refractivity (Wildman–Crippen MR) is 148 cm³/mol. The molecule has 0 spiro atoms. The van der Waals surface area contributed by atoms with E-state index in [1.165, 1.54) is 6.92 Å². The van der Waals surface area contributed by atoms with E-state index in [1.54, 1.807) is 18.3 Å². The van der Waals surface area contributed by atoms with Crippen LogP contribution in [-0.2, 0) is 30.5 Å². The lowest BCUT2D eigenvalue weighted by molar-refractivity contribution is -0.140. The first-order valence-electron chi connectivity index (χ1n) is 14.1. The van der Waals surface area contributed by atoms with Gasteiger partial charge in [0.1, 0.15) is 24.4 Å². The van der Waals surface area contributed by atoms with Crippen molar-refractivity contribution in [3.8, 4) is 6.01 Å². The molecular weight excluding hydrogens is 573 g/mol. The first-order valence-corrected chi connectivity index (χ1v) is 14.1. The third kappa shape index (κ3) is 5.53. The van der Waals surface area contributed by atoms with E-state index < -0.39 is 46.6 Å². The number of nitrogens with one attached hydrogen (secondary N) is 1. The normalized spacial score (nSPS) is 23.7. The van der Waals surface area contributed by atoms with Crippen LogP contribution in [-0.4, -0.2) is 51.3 Å². The summed E-state index contributed by atoms with van der Waals surface area (Å²) in [6, 6.07) is 4.47. The highest BCUT2D eigenvalue weighted by molar-refractivity contribution is 5.55. The zero-order chi connectivity index (χ0) is 30.5. The first kappa shape index (κ1) is 29.3. The Labute approximate surface area is 244 Å². The molecule has 230 valence electrons. The number of pyridine rings is 1. The van der Waals surface area contributed by atoms with Gasteiger partial charge in [-0.1, -0.05) is 6.07 Å². The maximum absolute atomic E-state index is 15.3. The van der Waals surface area contributed by atoms with E-state index in [0.29, 0.717) is 41.4 Å². The van der Waals surface area contributed by atoms with Crippen molar-refractivity contribution in [1.29, 1.82) is 0 Å². The molecule has 9 nitrogen and oxygen atoms in total. The van der Waals surface area contributed by atoms with Crippen LogP contribution in [0.1, 0.15) is 58.9 Å². The molecule has 3 atom stereocenters. The number of aryl methyl sites for hydroxylation is 1. The number of fused-ring (bicyclic) bond motifs is 2. The summed E-state index contributed by atoms with van der Waals surface area (Å²) in [5.74, 6) is -0.525. The van der Waals surface area contributed by atoms with E-state index >= 15 is 4.39 Å². The molecule has 2 aromatic heterocycles. The second kappa shape index (κ2) is 11.1. The number of benzene rings is 1. The summed E-state index contributed by atoms with van der Waals surface area (Å²) in [6.07, 6.45) is -3.70. The van der Waals surface area contributed by atoms with E-state index in [2.05, 4.69) is 25.2 Å². The predicted octanol–water partition coefficient (Wildman–Crippen LogP) is 4.88. The van der Waals surface area contributed by atoms with Gasteiger partial charge in [-0.15, -0.1) is 0 Å². The lowest BCUT2D eigenvalue weighted by Crippen LogP contribution is -2.43. The van der Waals surface area contributed by atoms with Gasteiger partial charge in [0.05, 0.1) is 35.2 Å². The van der Waals surface area contributed by atoms with Crippen molar-refractivity contribution < 1.29 is 31.4 Å². The molecule has 0 aliphatic carbocycles. The third-order valence-electron chi connectivity index (χ3n) is 8.61. The summed E-state index contributed by atoms with van der Waals surface area (Å²) < 4.78 is 83.8. The molecular formula is C29H32F5N7O2. The number of nitrogen functional groups attached to an aromatic ring is 2. The minimum absolute atomic E-state index is 0.0233. The summed E-state index contributed by atoms with van der Waals surface area (Å²) in [7, 11) is 0. The molecule has 2 fully saturated rings. The molecule has 1 aromatic carbocycles. The quantitative estimate of drug-likeness (QED) is 0.255. The minimum Gasteiger partial charge on any atom is -0.461 e. The number of rotatable bonds is 7. The fourth-order valence-corrected chi connectivity index (χ4v) is 6.59. The van der Waals surface area contributed by atoms with Crippen molar-refractivity contribution in [2.24, 2.45) is 0 Å². The van der Waals surface area contributed by atoms with Gasteiger partial charge in [-0.3, -0.25) is 4.90 Å². The number of hydrogen-bond donors (Lipinski definition) is 3. The molecule has 2 saturated heterocycles. The zero-order valence-electron chi connectivity index (χ0n) is 23.5. The summed E-state index contributed by atoms with van der Waals surface area (Å²) in [6.45, 7) is 2.54. The van der Waals surface area contributed by atoms with E-state index in [1.807, 2.05) is 0 Å². The van der Waals surface area contributed by atoms with Crippen molar-refractivity contribution in [1.82, 2.24) is 19.9 Å². The Morgan fingerprint density at radius 2 is 2.07 bits per heavy atom.